The molecule has 0 bridgehead atoms. The predicted molar refractivity (Wildman–Crippen MR) is 135 cm³/mol. The van der Waals surface area contributed by atoms with E-state index >= 15 is 0 Å². The number of hydrogen-bond acceptors (Lipinski definition) is 8. The van der Waals surface area contributed by atoms with Crippen molar-refractivity contribution < 1.29 is 28.4 Å². The lowest BCUT2D eigenvalue weighted by Gasteiger charge is -2.35. The van der Waals surface area contributed by atoms with Crippen molar-refractivity contribution in [3.05, 3.63) is 76.9 Å². The third-order valence-electron chi connectivity index (χ3n) is 6.42. The van der Waals surface area contributed by atoms with Crippen molar-refractivity contribution in [2.24, 2.45) is 0 Å². The van der Waals surface area contributed by atoms with Crippen LogP contribution >= 0.6 is 0 Å². The first-order valence-electron chi connectivity index (χ1n) is 12.7. The van der Waals surface area contributed by atoms with E-state index in [2.05, 4.69) is 10.1 Å². The van der Waals surface area contributed by atoms with Crippen LogP contribution < -0.4 is 4.74 Å². The van der Waals surface area contributed by atoms with Crippen molar-refractivity contribution in [3.8, 4) is 5.75 Å². The van der Waals surface area contributed by atoms with Crippen LogP contribution in [0, 0.1) is 0 Å². The zero-order chi connectivity index (χ0) is 26.9. The van der Waals surface area contributed by atoms with Crippen LogP contribution in [-0.2, 0) is 17.9 Å². The summed E-state index contributed by atoms with van der Waals surface area (Å²) in [6.45, 7) is 6.33. The number of hydrogen-bond donors (Lipinski definition) is 0. The summed E-state index contributed by atoms with van der Waals surface area (Å²) in [6.07, 6.45) is 2.20. The number of carbonyl (C=O) groups is 3. The molecule has 3 aromatic rings. The first-order valence-corrected chi connectivity index (χ1v) is 12.7. The topological polar surface area (TPSA) is 115 Å². The quantitative estimate of drug-likeness (QED) is 0.423. The van der Waals surface area contributed by atoms with Gasteiger partial charge in [0.05, 0.1) is 23.7 Å². The summed E-state index contributed by atoms with van der Waals surface area (Å²) >= 11 is 0. The lowest BCUT2D eigenvalue weighted by Crippen LogP contribution is -2.42. The molecule has 0 spiro atoms. The van der Waals surface area contributed by atoms with Crippen LogP contribution in [-0.4, -0.2) is 50.0 Å². The lowest BCUT2D eigenvalue weighted by molar-refractivity contribution is 0.00818. The number of piperidine rings is 1. The second-order valence-electron chi connectivity index (χ2n) is 10.4. The van der Waals surface area contributed by atoms with Gasteiger partial charge in [-0.15, -0.1) is 0 Å². The maximum absolute atomic E-state index is 12.7. The van der Waals surface area contributed by atoms with Crippen molar-refractivity contribution >= 4 is 17.9 Å². The number of imide groups is 1. The molecule has 0 saturated carbocycles. The highest BCUT2D eigenvalue weighted by Crippen LogP contribution is 2.31. The molecule has 1 fully saturated rings. The summed E-state index contributed by atoms with van der Waals surface area (Å²) < 4.78 is 16.7. The van der Waals surface area contributed by atoms with E-state index in [1.807, 2.05) is 20.8 Å². The van der Waals surface area contributed by atoms with Crippen LogP contribution in [0.15, 0.2) is 53.1 Å². The van der Waals surface area contributed by atoms with Crippen LogP contribution in [0.3, 0.4) is 0 Å². The van der Waals surface area contributed by atoms with E-state index in [1.165, 1.54) is 4.90 Å². The Balaban J connectivity index is 1.18. The number of aromatic nitrogens is 2. The molecule has 1 aromatic heterocycles. The molecule has 0 unspecified atom stereocenters. The van der Waals surface area contributed by atoms with Gasteiger partial charge in [0.25, 0.3) is 17.7 Å². The number of amides is 3. The Morgan fingerprint density at radius 2 is 1.71 bits per heavy atom. The second-order valence-corrected chi connectivity index (χ2v) is 10.4. The van der Waals surface area contributed by atoms with E-state index in [9.17, 15) is 14.4 Å². The Bertz CT molecular complexity index is 1310. The largest absolute Gasteiger partial charge is 0.484 e. The molecule has 0 N–H and O–H groups in total. The normalized spacial score (nSPS) is 17.5. The molecule has 1 saturated heterocycles. The Morgan fingerprint density at radius 3 is 2.37 bits per heavy atom. The van der Waals surface area contributed by atoms with E-state index in [0.717, 1.165) is 24.8 Å². The van der Waals surface area contributed by atoms with Gasteiger partial charge in [-0.2, -0.15) is 4.98 Å². The first-order chi connectivity index (χ1) is 18.2. The zero-order valence-electron chi connectivity index (χ0n) is 21.7. The standard InChI is InChI=1S/C28H30N4O6/c1-28(2,3)37-27(35)31-15-7-6-10-22(31)24-29-23(38-30-24)17-36-19-13-11-18(12-14-19)16-32-25(33)20-8-4-5-9-21(20)26(32)34/h4-5,8-9,11-14,22H,6-7,10,15-17H2,1-3H3/t22-/m0/s1. The van der Waals surface area contributed by atoms with Crippen molar-refractivity contribution in [2.45, 2.75) is 64.8 Å². The predicted octanol–water partition coefficient (Wildman–Crippen LogP) is 4.91. The van der Waals surface area contributed by atoms with E-state index < -0.39 is 5.60 Å². The van der Waals surface area contributed by atoms with Crippen molar-refractivity contribution in [1.82, 2.24) is 19.9 Å². The molecule has 0 aliphatic carbocycles. The number of ether oxygens (including phenoxy) is 2. The molecule has 10 heteroatoms. The fourth-order valence-electron chi connectivity index (χ4n) is 4.60. The van der Waals surface area contributed by atoms with Crippen molar-refractivity contribution in [2.75, 3.05) is 6.54 Å². The van der Waals surface area contributed by atoms with Gasteiger partial charge in [0.2, 0.25) is 0 Å². The average Bonchev–Trinajstić information content (AvgIpc) is 3.47. The minimum Gasteiger partial charge on any atom is -0.484 e. The summed E-state index contributed by atoms with van der Waals surface area (Å²) in [5.41, 5.74) is 1.07. The Morgan fingerprint density at radius 1 is 1.03 bits per heavy atom. The molecular weight excluding hydrogens is 488 g/mol. The molecule has 198 valence electrons. The first kappa shape index (κ1) is 25.4. The molecule has 5 rings (SSSR count). The Hall–Kier alpha value is -4.21. The van der Waals surface area contributed by atoms with Gasteiger partial charge in [0, 0.05) is 6.54 Å². The second kappa shape index (κ2) is 10.3. The fourth-order valence-corrected chi connectivity index (χ4v) is 4.60. The van der Waals surface area contributed by atoms with Gasteiger partial charge >= 0.3 is 6.09 Å². The summed E-state index contributed by atoms with van der Waals surface area (Å²) in [4.78, 5) is 45.3. The van der Waals surface area contributed by atoms with Gasteiger partial charge in [-0.25, -0.2) is 4.79 Å². The average molecular weight is 519 g/mol. The van der Waals surface area contributed by atoms with Gasteiger partial charge in [0.15, 0.2) is 12.4 Å². The molecule has 1 atom stereocenters. The van der Waals surface area contributed by atoms with E-state index in [1.54, 1.807) is 53.4 Å². The van der Waals surface area contributed by atoms with Gasteiger partial charge < -0.3 is 14.0 Å². The molecule has 0 radical (unpaired) electrons. The SMILES string of the molecule is CC(C)(C)OC(=O)N1CCCC[C@H]1c1noc(COc2ccc(CN3C(=O)c4ccccc4C3=O)cc2)n1. The third-order valence-corrected chi connectivity index (χ3v) is 6.42. The minimum atomic E-state index is -0.588. The number of rotatable bonds is 6. The summed E-state index contributed by atoms with van der Waals surface area (Å²) in [7, 11) is 0. The molecule has 2 aromatic carbocycles. The molecule has 10 nitrogen and oxygen atoms in total. The molecule has 38 heavy (non-hydrogen) atoms. The van der Waals surface area contributed by atoms with Gasteiger partial charge in [-0.3, -0.25) is 19.4 Å². The smallest absolute Gasteiger partial charge is 0.410 e. The number of likely N-dealkylation sites (tertiary alicyclic amines) is 1. The van der Waals surface area contributed by atoms with Crippen LogP contribution in [0.2, 0.25) is 0 Å². The summed E-state index contributed by atoms with van der Waals surface area (Å²) in [6, 6.07) is 13.6. The van der Waals surface area contributed by atoms with Crippen LogP contribution in [0.25, 0.3) is 0 Å². The van der Waals surface area contributed by atoms with Crippen LogP contribution in [0.5, 0.6) is 5.75 Å². The summed E-state index contributed by atoms with van der Waals surface area (Å²) in [5.74, 6) is 0.724. The maximum Gasteiger partial charge on any atom is 0.410 e. The Kier molecular flexibility index (Phi) is 6.88. The number of benzene rings is 2. The number of carbonyl (C=O) groups excluding carboxylic acids is 3. The molecule has 2 aliphatic heterocycles. The van der Waals surface area contributed by atoms with Crippen molar-refractivity contribution in [3.63, 3.8) is 0 Å². The van der Waals surface area contributed by atoms with Crippen LogP contribution in [0.4, 0.5) is 4.79 Å². The van der Waals surface area contributed by atoms with Crippen LogP contribution in [0.1, 0.15) is 84.1 Å². The number of fused-ring (bicyclic) bond motifs is 1. The zero-order valence-corrected chi connectivity index (χ0v) is 21.7. The van der Waals surface area contributed by atoms with Crippen molar-refractivity contribution in [1.29, 1.82) is 0 Å². The van der Waals surface area contributed by atoms with E-state index in [0.29, 0.717) is 35.1 Å². The number of nitrogens with zero attached hydrogens (tertiary/aromatic N) is 4. The molecular formula is C28H30N4O6. The summed E-state index contributed by atoms with van der Waals surface area (Å²) in [5, 5.41) is 4.10. The van der Waals surface area contributed by atoms with Gasteiger partial charge in [-0.05, 0) is 69.9 Å². The monoisotopic (exact) mass is 518 g/mol. The van der Waals surface area contributed by atoms with E-state index in [4.69, 9.17) is 14.0 Å². The molecule has 2 aliphatic rings. The molecule has 3 heterocycles. The molecule has 3 amide bonds. The highest BCUT2D eigenvalue weighted by molar-refractivity contribution is 6.21. The third kappa shape index (κ3) is 5.39. The highest BCUT2D eigenvalue weighted by atomic mass is 16.6. The van der Waals surface area contributed by atoms with Gasteiger partial charge in [0.1, 0.15) is 11.4 Å². The maximum atomic E-state index is 12.7. The highest BCUT2D eigenvalue weighted by Gasteiger charge is 2.35. The Labute approximate surface area is 220 Å². The minimum absolute atomic E-state index is 0.0594. The lowest BCUT2D eigenvalue weighted by atomic mass is 10.0. The fraction of sp³-hybridized carbons (Fsp3) is 0.393. The van der Waals surface area contributed by atoms with Gasteiger partial charge in [-0.1, -0.05) is 29.4 Å². The van der Waals surface area contributed by atoms with E-state index in [-0.39, 0.29) is 37.1 Å².